The van der Waals surface area contributed by atoms with Gasteiger partial charge in [-0.15, -0.1) is 0 Å². The van der Waals surface area contributed by atoms with Crippen molar-refractivity contribution >= 4 is 22.6 Å². The molecule has 3 aromatic rings. The van der Waals surface area contributed by atoms with E-state index in [0.29, 0.717) is 16.1 Å². The van der Waals surface area contributed by atoms with Crippen LogP contribution in [0.3, 0.4) is 0 Å². The fraction of sp³-hybridized carbons (Fsp3) is 0.0833. The van der Waals surface area contributed by atoms with Crippen molar-refractivity contribution in [3.63, 3.8) is 0 Å². The lowest BCUT2D eigenvalue weighted by Crippen LogP contribution is -2.16. The predicted octanol–water partition coefficient (Wildman–Crippen LogP) is 1.77. The normalized spacial score (nSPS) is 11.0. The fourth-order valence-corrected chi connectivity index (χ4v) is 1.98. The molecule has 0 aliphatic heterocycles. The summed E-state index contributed by atoms with van der Waals surface area (Å²) in [4.78, 5) is 16.1. The van der Waals surface area contributed by atoms with Crippen LogP contribution in [0.15, 0.2) is 41.6 Å². The van der Waals surface area contributed by atoms with Gasteiger partial charge in [0.05, 0.1) is 18.2 Å². The Morgan fingerprint density at radius 1 is 1.33 bits per heavy atom. The van der Waals surface area contributed by atoms with E-state index < -0.39 is 0 Å². The maximum atomic E-state index is 11.9. The number of nitrogens with zero attached hydrogens (tertiary/aromatic N) is 4. The van der Waals surface area contributed by atoms with Crippen LogP contribution in [-0.4, -0.2) is 19.3 Å². The number of rotatable bonds is 1. The largest absolute Gasteiger partial charge is 0.302 e. The zero-order valence-corrected chi connectivity index (χ0v) is 10.3. The highest BCUT2D eigenvalue weighted by molar-refractivity contribution is 6.30. The SMILES string of the molecule is Cn1cnc2c(cnn2-c2cccc(Cl)c2)c1=O. The maximum Gasteiger partial charge on any atom is 0.264 e. The van der Waals surface area contributed by atoms with Gasteiger partial charge in [0.15, 0.2) is 5.65 Å². The van der Waals surface area contributed by atoms with E-state index in [1.807, 2.05) is 12.1 Å². The van der Waals surface area contributed by atoms with Crippen molar-refractivity contribution < 1.29 is 0 Å². The molecule has 6 heteroatoms. The van der Waals surface area contributed by atoms with Gasteiger partial charge >= 0.3 is 0 Å². The molecule has 0 spiro atoms. The van der Waals surface area contributed by atoms with E-state index in [1.54, 1.807) is 23.9 Å². The van der Waals surface area contributed by atoms with Crippen LogP contribution in [0.2, 0.25) is 5.02 Å². The molecule has 18 heavy (non-hydrogen) atoms. The topological polar surface area (TPSA) is 52.7 Å². The lowest BCUT2D eigenvalue weighted by Gasteiger charge is -2.03. The van der Waals surface area contributed by atoms with Gasteiger partial charge in [0, 0.05) is 12.1 Å². The van der Waals surface area contributed by atoms with Crippen molar-refractivity contribution in [3.05, 3.63) is 52.2 Å². The van der Waals surface area contributed by atoms with Crippen LogP contribution in [0.5, 0.6) is 0 Å². The number of aromatic nitrogens is 4. The summed E-state index contributed by atoms with van der Waals surface area (Å²) in [6.45, 7) is 0. The molecule has 0 aliphatic carbocycles. The first kappa shape index (κ1) is 11.0. The Morgan fingerprint density at radius 2 is 2.17 bits per heavy atom. The highest BCUT2D eigenvalue weighted by Crippen LogP contribution is 2.17. The lowest BCUT2D eigenvalue weighted by molar-refractivity contribution is 0.831. The molecular formula is C12H9ClN4O. The summed E-state index contributed by atoms with van der Waals surface area (Å²) in [6.07, 6.45) is 3.00. The second-order valence-electron chi connectivity index (χ2n) is 3.93. The number of hydrogen-bond donors (Lipinski definition) is 0. The molecule has 2 aromatic heterocycles. The molecule has 3 rings (SSSR count). The van der Waals surface area contributed by atoms with Crippen LogP contribution in [0.25, 0.3) is 16.7 Å². The van der Waals surface area contributed by atoms with Crippen molar-refractivity contribution in [2.75, 3.05) is 0 Å². The Bertz CT molecular complexity index is 790. The smallest absolute Gasteiger partial charge is 0.264 e. The molecule has 2 heterocycles. The third-order valence-electron chi connectivity index (χ3n) is 2.70. The van der Waals surface area contributed by atoms with Crippen LogP contribution in [-0.2, 0) is 7.05 Å². The highest BCUT2D eigenvalue weighted by atomic mass is 35.5. The summed E-state index contributed by atoms with van der Waals surface area (Å²) in [5.41, 5.74) is 1.19. The van der Waals surface area contributed by atoms with E-state index in [2.05, 4.69) is 10.1 Å². The molecule has 0 saturated carbocycles. The van der Waals surface area contributed by atoms with Crippen molar-refractivity contribution in [1.29, 1.82) is 0 Å². The van der Waals surface area contributed by atoms with Gasteiger partial charge in [-0.3, -0.25) is 4.79 Å². The number of halogens is 1. The summed E-state index contributed by atoms with van der Waals surface area (Å²) in [7, 11) is 1.66. The summed E-state index contributed by atoms with van der Waals surface area (Å²) in [5.74, 6) is 0. The summed E-state index contributed by atoms with van der Waals surface area (Å²) >= 11 is 5.94. The van der Waals surface area contributed by atoms with Gasteiger partial charge in [-0.2, -0.15) is 5.10 Å². The third kappa shape index (κ3) is 1.60. The number of benzene rings is 1. The minimum atomic E-state index is -0.117. The number of fused-ring (bicyclic) bond motifs is 1. The Morgan fingerprint density at radius 3 is 2.94 bits per heavy atom. The molecule has 0 N–H and O–H groups in total. The molecule has 0 unspecified atom stereocenters. The minimum absolute atomic E-state index is 0.117. The molecule has 0 bridgehead atoms. The van der Waals surface area contributed by atoms with Crippen LogP contribution in [0, 0.1) is 0 Å². The first-order chi connectivity index (χ1) is 8.66. The van der Waals surface area contributed by atoms with Gasteiger partial charge in [-0.25, -0.2) is 9.67 Å². The Kier molecular flexibility index (Phi) is 2.41. The van der Waals surface area contributed by atoms with E-state index in [4.69, 9.17) is 11.6 Å². The number of hydrogen-bond acceptors (Lipinski definition) is 3. The molecule has 0 amide bonds. The molecular weight excluding hydrogens is 252 g/mol. The quantitative estimate of drug-likeness (QED) is 0.670. The molecule has 0 saturated heterocycles. The van der Waals surface area contributed by atoms with Crippen LogP contribution >= 0.6 is 11.6 Å². The highest BCUT2D eigenvalue weighted by Gasteiger charge is 2.10. The molecule has 5 nitrogen and oxygen atoms in total. The van der Waals surface area contributed by atoms with Gasteiger partial charge in [0.1, 0.15) is 5.39 Å². The Labute approximate surface area is 107 Å². The summed E-state index contributed by atoms with van der Waals surface area (Å²) < 4.78 is 3.02. The van der Waals surface area contributed by atoms with E-state index in [9.17, 15) is 4.79 Å². The van der Waals surface area contributed by atoms with Gasteiger partial charge in [-0.1, -0.05) is 17.7 Å². The summed E-state index contributed by atoms with van der Waals surface area (Å²) in [5, 5.41) is 5.29. The Hall–Kier alpha value is -2.14. The molecule has 1 aromatic carbocycles. The van der Waals surface area contributed by atoms with Crippen LogP contribution < -0.4 is 5.56 Å². The van der Waals surface area contributed by atoms with Gasteiger partial charge in [0.25, 0.3) is 5.56 Å². The third-order valence-corrected chi connectivity index (χ3v) is 2.94. The van der Waals surface area contributed by atoms with Gasteiger partial charge < -0.3 is 4.57 Å². The summed E-state index contributed by atoms with van der Waals surface area (Å²) in [6, 6.07) is 7.24. The van der Waals surface area contributed by atoms with Crippen molar-refractivity contribution in [2.45, 2.75) is 0 Å². The second kappa shape index (κ2) is 3.96. The molecule has 0 atom stereocenters. The first-order valence-electron chi connectivity index (χ1n) is 5.32. The lowest BCUT2D eigenvalue weighted by atomic mass is 10.3. The second-order valence-corrected chi connectivity index (χ2v) is 4.37. The molecule has 0 radical (unpaired) electrons. The van der Waals surface area contributed by atoms with E-state index in [0.717, 1.165) is 5.69 Å². The van der Waals surface area contributed by atoms with Crippen molar-refractivity contribution in [3.8, 4) is 5.69 Å². The van der Waals surface area contributed by atoms with E-state index >= 15 is 0 Å². The van der Waals surface area contributed by atoms with Crippen LogP contribution in [0.1, 0.15) is 0 Å². The number of aryl methyl sites for hydroxylation is 1. The zero-order chi connectivity index (χ0) is 12.7. The molecule has 0 fully saturated rings. The minimum Gasteiger partial charge on any atom is -0.302 e. The van der Waals surface area contributed by atoms with Gasteiger partial charge in [-0.05, 0) is 18.2 Å². The van der Waals surface area contributed by atoms with Crippen molar-refractivity contribution in [2.24, 2.45) is 7.05 Å². The average molecular weight is 261 g/mol. The van der Waals surface area contributed by atoms with Crippen LogP contribution in [0.4, 0.5) is 0 Å². The first-order valence-corrected chi connectivity index (χ1v) is 5.70. The van der Waals surface area contributed by atoms with Crippen molar-refractivity contribution in [1.82, 2.24) is 19.3 Å². The standard InChI is InChI=1S/C12H9ClN4O/c1-16-7-14-11-10(12(16)18)6-15-17(11)9-4-2-3-8(13)5-9/h2-7H,1H3. The fourth-order valence-electron chi connectivity index (χ4n) is 1.80. The maximum absolute atomic E-state index is 11.9. The predicted molar refractivity (Wildman–Crippen MR) is 69.1 cm³/mol. The monoisotopic (exact) mass is 260 g/mol. The zero-order valence-electron chi connectivity index (χ0n) is 9.54. The average Bonchev–Trinajstić information content (AvgIpc) is 2.78. The molecule has 90 valence electrons. The Balaban J connectivity index is 2.32. The molecule has 0 aliphatic rings. The van der Waals surface area contributed by atoms with E-state index in [1.165, 1.54) is 17.1 Å². The van der Waals surface area contributed by atoms with E-state index in [-0.39, 0.29) is 5.56 Å². The van der Waals surface area contributed by atoms with Gasteiger partial charge in [0.2, 0.25) is 0 Å².